The lowest BCUT2D eigenvalue weighted by molar-refractivity contribution is -0.134. The molecule has 0 saturated carbocycles. The predicted octanol–water partition coefficient (Wildman–Crippen LogP) is 2.82. The van der Waals surface area contributed by atoms with Crippen LogP contribution in [0.1, 0.15) is 51.2 Å². The van der Waals surface area contributed by atoms with Gasteiger partial charge in [-0.25, -0.2) is 0 Å². The van der Waals surface area contributed by atoms with Crippen molar-refractivity contribution < 1.29 is 19.1 Å². The Balaban J connectivity index is 1.83. The van der Waals surface area contributed by atoms with Crippen LogP contribution in [0, 0.1) is 6.92 Å². The van der Waals surface area contributed by atoms with Gasteiger partial charge < -0.3 is 19.7 Å². The summed E-state index contributed by atoms with van der Waals surface area (Å²) < 4.78 is 10.8. The van der Waals surface area contributed by atoms with Gasteiger partial charge in [0.05, 0.1) is 6.61 Å². The van der Waals surface area contributed by atoms with Gasteiger partial charge in [-0.1, -0.05) is 38.5 Å². The third-order valence-corrected chi connectivity index (χ3v) is 5.04. The summed E-state index contributed by atoms with van der Waals surface area (Å²) in [4.78, 5) is 26.2. The molecule has 6 heteroatoms. The molecule has 6 nitrogen and oxygen atoms in total. The van der Waals surface area contributed by atoms with Crippen LogP contribution in [0.3, 0.4) is 0 Å². The first kappa shape index (κ1) is 22.2. The van der Waals surface area contributed by atoms with Crippen LogP contribution in [-0.2, 0) is 19.7 Å². The summed E-state index contributed by atoms with van der Waals surface area (Å²) >= 11 is 0. The molecular formula is C22H34N2O4. The number of carbonyl (C=O) groups excluding carboxylic acids is 2. The van der Waals surface area contributed by atoms with Crippen LogP contribution in [0.25, 0.3) is 0 Å². The van der Waals surface area contributed by atoms with Crippen molar-refractivity contribution in [2.24, 2.45) is 0 Å². The van der Waals surface area contributed by atoms with E-state index in [1.165, 1.54) is 5.56 Å². The molecule has 0 aromatic heterocycles. The normalized spacial score (nSPS) is 15.4. The van der Waals surface area contributed by atoms with Crippen LogP contribution in [0.2, 0.25) is 0 Å². The van der Waals surface area contributed by atoms with E-state index in [1.807, 2.05) is 17.0 Å². The number of benzene rings is 1. The summed E-state index contributed by atoms with van der Waals surface area (Å²) in [6.07, 6.45) is 1.90. The lowest BCUT2D eigenvalue weighted by Crippen LogP contribution is -2.47. The van der Waals surface area contributed by atoms with E-state index < -0.39 is 0 Å². The van der Waals surface area contributed by atoms with Gasteiger partial charge in [-0.05, 0) is 36.8 Å². The minimum atomic E-state index is -0.0518. The molecule has 1 aromatic carbocycles. The largest absolute Gasteiger partial charge is 0.483 e. The van der Waals surface area contributed by atoms with Crippen molar-refractivity contribution in [1.82, 2.24) is 10.2 Å². The predicted molar refractivity (Wildman–Crippen MR) is 110 cm³/mol. The molecule has 1 aliphatic heterocycles. The maximum absolute atomic E-state index is 12.6. The maximum atomic E-state index is 12.6. The van der Waals surface area contributed by atoms with Crippen LogP contribution >= 0.6 is 0 Å². The van der Waals surface area contributed by atoms with Crippen molar-refractivity contribution in [3.8, 4) is 5.75 Å². The van der Waals surface area contributed by atoms with Gasteiger partial charge in [0.15, 0.2) is 6.61 Å². The lowest BCUT2D eigenvalue weighted by Gasteiger charge is -2.32. The number of rotatable bonds is 7. The first-order valence-electron chi connectivity index (χ1n) is 10.0. The van der Waals surface area contributed by atoms with Crippen molar-refractivity contribution in [1.29, 1.82) is 0 Å². The second kappa shape index (κ2) is 9.92. The zero-order chi connectivity index (χ0) is 20.7. The first-order valence-corrected chi connectivity index (χ1v) is 10.0. The summed E-state index contributed by atoms with van der Waals surface area (Å²) in [5.74, 6) is 0.764. The Hall–Kier alpha value is -2.08. The molecule has 1 saturated heterocycles. The summed E-state index contributed by atoms with van der Waals surface area (Å²) in [7, 11) is 1.58. The highest BCUT2D eigenvalue weighted by Crippen LogP contribution is 2.32. The van der Waals surface area contributed by atoms with E-state index in [4.69, 9.17) is 9.47 Å². The number of carbonyl (C=O) groups is 2. The molecule has 0 radical (unpaired) electrons. The zero-order valence-corrected chi connectivity index (χ0v) is 17.8. The quantitative estimate of drug-likeness (QED) is 0.777. The Labute approximate surface area is 168 Å². The summed E-state index contributed by atoms with van der Waals surface area (Å²) in [5, 5.41) is 3.01. The van der Waals surface area contributed by atoms with E-state index in [0.717, 1.165) is 24.2 Å². The van der Waals surface area contributed by atoms with E-state index in [0.29, 0.717) is 26.1 Å². The average Bonchev–Trinajstić information content (AvgIpc) is 2.65. The van der Waals surface area contributed by atoms with Crippen molar-refractivity contribution in [3.63, 3.8) is 0 Å². The van der Waals surface area contributed by atoms with Gasteiger partial charge in [0.1, 0.15) is 5.75 Å². The number of nitrogens with zero attached hydrogens (tertiary/aromatic N) is 1. The molecule has 1 N–H and O–H groups in total. The number of piperidine rings is 1. The van der Waals surface area contributed by atoms with Gasteiger partial charge in [-0.15, -0.1) is 0 Å². The molecule has 1 fully saturated rings. The Bertz CT molecular complexity index is 674. The smallest absolute Gasteiger partial charge is 0.260 e. The van der Waals surface area contributed by atoms with E-state index in [9.17, 15) is 9.59 Å². The molecule has 1 aliphatic rings. The number of nitrogens with one attached hydrogen (secondary N) is 1. The molecule has 28 heavy (non-hydrogen) atoms. The number of hydrogen-bond acceptors (Lipinski definition) is 4. The van der Waals surface area contributed by atoms with Gasteiger partial charge in [0.25, 0.3) is 5.91 Å². The third kappa shape index (κ3) is 6.51. The monoisotopic (exact) mass is 390 g/mol. The Morgan fingerprint density at radius 1 is 1.21 bits per heavy atom. The highest BCUT2D eigenvalue weighted by molar-refractivity contribution is 5.78. The fraction of sp³-hybridized carbons (Fsp3) is 0.636. The molecule has 2 rings (SSSR count). The van der Waals surface area contributed by atoms with Crippen LogP contribution in [0.5, 0.6) is 5.75 Å². The van der Waals surface area contributed by atoms with Crippen LogP contribution in [0.4, 0.5) is 0 Å². The highest BCUT2D eigenvalue weighted by atomic mass is 16.5. The van der Waals surface area contributed by atoms with E-state index in [-0.39, 0.29) is 29.9 Å². The fourth-order valence-corrected chi connectivity index (χ4v) is 3.35. The van der Waals surface area contributed by atoms with E-state index in [2.05, 4.69) is 39.1 Å². The summed E-state index contributed by atoms with van der Waals surface area (Å²) in [6.45, 7) is 10.2. The number of ether oxygens (including phenoxy) is 2. The molecule has 0 aliphatic carbocycles. The number of likely N-dealkylation sites (tertiary alicyclic amines) is 1. The lowest BCUT2D eigenvalue weighted by atomic mass is 9.85. The Morgan fingerprint density at radius 3 is 2.50 bits per heavy atom. The van der Waals surface area contributed by atoms with Gasteiger partial charge >= 0.3 is 0 Å². The van der Waals surface area contributed by atoms with Crippen LogP contribution in [0.15, 0.2) is 18.2 Å². The highest BCUT2D eigenvalue weighted by Gasteiger charge is 2.25. The second-order valence-electron chi connectivity index (χ2n) is 8.50. The summed E-state index contributed by atoms with van der Waals surface area (Å²) in [6, 6.07) is 6.20. The van der Waals surface area contributed by atoms with Crippen LogP contribution in [-0.4, -0.2) is 56.2 Å². The number of hydrogen-bond donors (Lipinski definition) is 1. The van der Waals surface area contributed by atoms with Crippen molar-refractivity contribution in [3.05, 3.63) is 29.3 Å². The van der Waals surface area contributed by atoms with Gasteiger partial charge in [0, 0.05) is 32.7 Å². The van der Waals surface area contributed by atoms with E-state index >= 15 is 0 Å². The first-order chi connectivity index (χ1) is 13.2. The number of amides is 2. The van der Waals surface area contributed by atoms with Gasteiger partial charge in [-0.2, -0.15) is 0 Å². The average molecular weight is 391 g/mol. The number of methoxy groups -OCH3 is 1. The standard InChI is InChI=1S/C22H34N2O4/c1-16-6-7-19(18(14-16)22(2,3)4)28-15-21(26)24-11-8-17(9-12-24)23-20(25)10-13-27-5/h6-7,14,17H,8-13,15H2,1-5H3,(H,23,25). The molecule has 0 atom stereocenters. The second-order valence-corrected chi connectivity index (χ2v) is 8.50. The molecule has 0 unspecified atom stereocenters. The number of aryl methyl sites for hydroxylation is 1. The molecule has 0 bridgehead atoms. The van der Waals surface area contributed by atoms with Crippen molar-refractivity contribution in [2.45, 2.75) is 58.4 Å². The Kier molecular flexibility index (Phi) is 7.87. The topological polar surface area (TPSA) is 67.9 Å². The molecule has 2 amide bonds. The van der Waals surface area contributed by atoms with E-state index in [1.54, 1.807) is 7.11 Å². The van der Waals surface area contributed by atoms with Gasteiger partial charge in [0.2, 0.25) is 5.91 Å². The molecule has 1 aromatic rings. The van der Waals surface area contributed by atoms with Crippen LogP contribution < -0.4 is 10.1 Å². The minimum Gasteiger partial charge on any atom is -0.483 e. The SMILES string of the molecule is COCCC(=O)NC1CCN(C(=O)COc2ccc(C)cc2C(C)(C)C)CC1. The summed E-state index contributed by atoms with van der Waals surface area (Å²) in [5.41, 5.74) is 2.24. The molecular weight excluding hydrogens is 356 g/mol. The third-order valence-electron chi connectivity index (χ3n) is 5.04. The zero-order valence-electron chi connectivity index (χ0n) is 17.8. The Morgan fingerprint density at radius 2 is 1.89 bits per heavy atom. The maximum Gasteiger partial charge on any atom is 0.260 e. The van der Waals surface area contributed by atoms with Crippen molar-refractivity contribution >= 4 is 11.8 Å². The minimum absolute atomic E-state index is 0.00374. The molecule has 1 heterocycles. The molecule has 0 spiro atoms. The molecule has 156 valence electrons. The fourth-order valence-electron chi connectivity index (χ4n) is 3.35. The van der Waals surface area contributed by atoms with Crippen molar-refractivity contribution in [2.75, 3.05) is 33.4 Å². The van der Waals surface area contributed by atoms with Gasteiger partial charge in [-0.3, -0.25) is 9.59 Å².